The number of benzene rings is 1. The molecule has 0 radical (unpaired) electrons. The van der Waals surface area contributed by atoms with Crippen molar-refractivity contribution >= 4 is 15.9 Å². The van der Waals surface area contributed by atoms with Crippen molar-refractivity contribution in [3.8, 4) is 5.75 Å². The van der Waals surface area contributed by atoms with Crippen LogP contribution in [0.25, 0.3) is 0 Å². The van der Waals surface area contributed by atoms with E-state index in [1.54, 1.807) is 7.11 Å². The van der Waals surface area contributed by atoms with Gasteiger partial charge in [0.1, 0.15) is 5.75 Å². The molecular formula is C15H20BrNO. The summed E-state index contributed by atoms with van der Waals surface area (Å²) in [5.41, 5.74) is 7.79. The molecule has 0 aromatic heterocycles. The van der Waals surface area contributed by atoms with Crippen LogP contribution in [-0.4, -0.2) is 13.7 Å². The Labute approximate surface area is 117 Å². The van der Waals surface area contributed by atoms with E-state index in [0.29, 0.717) is 5.41 Å². The Kier molecular flexibility index (Phi) is 3.15. The molecule has 98 valence electrons. The molecule has 2 fully saturated rings. The fourth-order valence-corrected chi connectivity index (χ4v) is 4.23. The second-order valence-corrected chi connectivity index (χ2v) is 6.87. The summed E-state index contributed by atoms with van der Waals surface area (Å²) in [5.74, 6) is 2.86. The van der Waals surface area contributed by atoms with E-state index in [1.165, 1.54) is 24.8 Å². The molecule has 0 bridgehead atoms. The Morgan fingerprint density at radius 2 is 2.11 bits per heavy atom. The summed E-state index contributed by atoms with van der Waals surface area (Å²) in [7, 11) is 1.70. The van der Waals surface area contributed by atoms with Gasteiger partial charge >= 0.3 is 0 Å². The van der Waals surface area contributed by atoms with Crippen LogP contribution in [0.15, 0.2) is 22.7 Å². The van der Waals surface area contributed by atoms with E-state index in [4.69, 9.17) is 10.5 Å². The summed E-state index contributed by atoms with van der Waals surface area (Å²) in [4.78, 5) is 0. The third-order valence-corrected chi connectivity index (χ3v) is 5.31. The van der Waals surface area contributed by atoms with Crippen LogP contribution >= 0.6 is 15.9 Å². The Morgan fingerprint density at radius 3 is 2.67 bits per heavy atom. The van der Waals surface area contributed by atoms with Gasteiger partial charge in [0.05, 0.1) is 11.6 Å². The highest BCUT2D eigenvalue weighted by Gasteiger charge is 2.52. The molecule has 18 heavy (non-hydrogen) atoms. The molecule has 2 aliphatic carbocycles. The largest absolute Gasteiger partial charge is 0.496 e. The van der Waals surface area contributed by atoms with Crippen LogP contribution in [0.2, 0.25) is 0 Å². The molecule has 0 spiro atoms. The summed E-state index contributed by atoms with van der Waals surface area (Å²) in [6.07, 6.45) is 5.22. The van der Waals surface area contributed by atoms with Gasteiger partial charge in [0, 0.05) is 0 Å². The van der Waals surface area contributed by atoms with Crippen molar-refractivity contribution in [3.63, 3.8) is 0 Å². The molecule has 1 aromatic carbocycles. The molecule has 2 aliphatic rings. The summed E-state index contributed by atoms with van der Waals surface area (Å²) in [5, 5.41) is 0. The van der Waals surface area contributed by atoms with E-state index in [1.807, 2.05) is 6.07 Å². The van der Waals surface area contributed by atoms with Crippen LogP contribution in [0.5, 0.6) is 5.75 Å². The smallest absolute Gasteiger partial charge is 0.133 e. The minimum Gasteiger partial charge on any atom is -0.496 e. The van der Waals surface area contributed by atoms with Crippen molar-refractivity contribution in [1.29, 1.82) is 0 Å². The predicted octanol–water partition coefficient (Wildman–Crippen LogP) is 3.38. The number of halogens is 1. The summed E-state index contributed by atoms with van der Waals surface area (Å²) in [6, 6.07) is 6.39. The third-order valence-electron chi connectivity index (χ3n) is 4.69. The van der Waals surface area contributed by atoms with Crippen molar-refractivity contribution in [2.24, 2.45) is 23.0 Å². The Bertz CT molecular complexity index is 450. The molecule has 1 aromatic rings. The highest BCUT2D eigenvalue weighted by molar-refractivity contribution is 9.10. The van der Waals surface area contributed by atoms with E-state index < -0.39 is 0 Å². The second kappa shape index (κ2) is 4.53. The Hall–Kier alpha value is -0.540. The maximum atomic E-state index is 6.06. The molecular weight excluding hydrogens is 290 g/mol. The zero-order valence-corrected chi connectivity index (χ0v) is 12.4. The SMILES string of the molecule is COc1ccc(CC2(CN)CC3CC3C2)cc1Br. The van der Waals surface area contributed by atoms with Gasteiger partial charge in [0.2, 0.25) is 0 Å². The number of ether oxygens (including phenoxy) is 1. The van der Waals surface area contributed by atoms with E-state index in [9.17, 15) is 0 Å². The lowest BCUT2D eigenvalue weighted by molar-refractivity contribution is 0.273. The van der Waals surface area contributed by atoms with E-state index >= 15 is 0 Å². The molecule has 0 saturated heterocycles. The number of nitrogens with two attached hydrogens (primary N) is 1. The molecule has 2 N–H and O–H groups in total. The summed E-state index contributed by atoms with van der Waals surface area (Å²) < 4.78 is 6.31. The number of fused-ring (bicyclic) bond motifs is 1. The molecule has 2 unspecified atom stereocenters. The lowest BCUT2D eigenvalue weighted by atomic mass is 9.77. The molecule has 2 saturated carbocycles. The van der Waals surface area contributed by atoms with E-state index in [-0.39, 0.29) is 0 Å². The van der Waals surface area contributed by atoms with Crippen molar-refractivity contribution in [2.45, 2.75) is 25.7 Å². The van der Waals surface area contributed by atoms with Crippen molar-refractivity contribution in [2.75, 3.05) is 13.7 Å². The molecule has 3 rings (SSSR count). The van der Waals surface area contributed by atoms with Gasteiger partial charge in [-0.3, -0.25) is 0 Å². The van der Waals surface area contributed by atoms with Crippen molar-refractivity contribution < 1.29 is 4.74 Å². The van der Waals surface area contributed by atoms with Gasteiger partial charge < -0.3 is 10.5 Å². The maximum absolute atomic E-state index is 6.06. The lowest BCUT2D eigenvalue weighted by Crippen LogP contribution is -2.31. The highest BCUT2D eigenvalue weighted by Crippen LogP contribution is 2.60. The van der Waals surface area contributed by atoms with Gasteiger partial charge in [-0.2, -0.15) is 0 Å². The fourth-order valence-electron chi connectivity index (χ4n) is 3.64. The first-order chi connectivity index (χ1) is 8.65. The first-order valence-corrected chi connectivity index (χ1v) is 7.47. The topological polar surface area (TPSA) is 35.2 Å². The fraction of sp³-hybridized carbons (Fsp3) is 0.600. The van der Waals surface area contributed by atoms with Crippen LogP contribution in [0, 0.1) is 17.3 Å². The number of hydrogen-bond donors (Lipinski definition) is 1. The van der Waals surface area contributed by atoms with E-state index in [2.05, 4.69) is 28.1 Å². The first-order valence-electron chi connectivity index (χ1n) is 6.68. The Balaban J connectivity index is 1.77. The van der Waals surface area contributed by atoms with Crippen LogP contribution in [0.3, 0.4) is 0 Å². The van der Waals surface area contributed by atoms with Crippen LogP contribution < -0.4 is 10.5 Å². The molecule has 3 heteroatoms. The number of methoxy groups -OCH3 is 1. The Morgan fingerprint density at radius 1 is 1.39 bits per heavy atom. The lowest BCUT2D eigenvalue weighted by Gasteiger charge is -2.29. The van der Waals surface area contributed by atoms with Crippen LogP contribution in [0.4, 0.5) is 0 Å². The molecule has 2 atom stereocenters. The van der Waals surface area contributed by atoms with Crippen molar-refractivity contribution in [3.05, 3.63) is 28.2 Å². The predicted molar refractivity (Wildman–Crippen MR) is 76.7 cm³/mol. The quantitative estimate of drug-likeness (QED) is 0.925. The van der Waals surface area contributed by atoms with Crippen LogP contribution in [0.1, 0.15) is 24.8 Å². The molecule has 0 heterocycles. The normalized spacial score (nSPS) is 33.3. The molecule has 0 aliphatic heterocycles. The van der Waals surface area contributed by atoms with Gasteiger partial charge in [-0.25, -0.2) is 0 Å². The number of hydrogen-bond acceptors (Lipinski definition) is 2. The van der Waals surface area contributed by atoms with Crippen molar-refractivity contribution in [1.82, 2.24) is 0 Å². The second-order valence-electron chi connectivity index (χ2n) is 6.01. The van der Waals surface area contributed by atoms with Gasteiger partial charge in [-0.15, -0.1) is 0 Å². The average Bonchev–Trinajstić information content (AvgIpc) is 2.98. The highest BCUT2D eigenvalue weighted by atomic mass is 79.9. The van der Waals surface area contributed by atoms with Gasteiger partial charge in [-0.05, 0) is 83.1 Å². The zero-order chi connectivity index (χ0) is 12.8. The molecule has 2 nitrogen and oxygen atoms in total. The minimum absolute atomic E-state index is 0.363. The summed E-state index contributed by atoms with van der Waals surface area (Å²) >= 11 is 3.56. The minimum atomic E-state index is 0.363. The third kappa shape index (κ3) is 2.19. The maximum Gasteiger partial charge on any atom is 0.133 e. The van der Waals surface area contributed by atoms with Crippen LogP contribution in [-0.2, 0) is 6.42 Å². The standard InChI is InChI=1S/C15H20BrNO/c1-18-14-3-2-10(4-13(14)16)6-15(9-17)7-11-5-12(11)8-15/h2-4,11-12H,5-9,17H2,1H3. The number of rotatable bonds is 4. The monoisotopic (exact) mass is 309 g/mol. The first kappa shape index (κ1) is 12.5. The van der Waals surface area contributed by atoms with E-state index in [0.717, 1.165) is 35.0 Å². The summed E-state index contributed by atoms with van der Waals surface area (Å²) in [6.45, 7) is 0.823. The van der Waals surface area contributed by atoms with Gasteiger partial charge in [-0.1, -0.05) is 6.07 Å². The van der Waals surface area contributed by atoms with Gasteiger partial charge in [0.15, 0.2) is 0 Å². The molecule has 0 amide bonds. The zero-order valence-electron chi connectivity index (χ0n) is 10.8. The average molecular weight is 310 g/mol. The van der Waals surface area contributed by atoms with Gasteiger partial charge in [0.25, 0.3) is 0 Å².